The molecule has 9 nitrogen and oxygen atoms in total. The van der Waals surface area contributed by atoms with Crippen LogP contribution in [0.4, 0.5) is 5.69 Å². The zero-order valence-electron chi connectivity index (χ0n) is 20.1. The molecule has 0 fully saturated rings. The van der Waals surface area contributed by atoms with Crippen molar-refractivity contribution >= 4 is 17.6 Å². The number of dihydropyridines is 1. The van der Waals surface area contributed by atoms with E-state index in [-0.39, 0.29) is 35.6 Å². The second-order valence-electron chi connectivity index (χ2n) is 7.91. The molecule has 9 heteroatoms. The maximum atomic E-state index is 13.4. The summed E-state index contributed by atoms with van der Waals surface area (Å²) in [5.41, 5.74) is 1.89. The van der Waals surface area contributed by atoms with Crippen LogP contribution in [0.1, 0.15) is 43.9 Å². The smallest absolute Gasteiger partial charge is 0.336 e. The Hall–Kier alpha value is -3.98. The highest BCUT2D eigenvalue weighted by Crippen LogP contribution is 2.42. The van der Waals surface area contributed by atoms with E-state index in [0.717, 1.165) is 5.56 Å². The van der Waals surface area contributed by atoms with Gasteiger partial charge in [-0.05, 0) is 26.3 Å². The summed E-state index contributed by atoms with van der Waals surface area (Å²) in [5, 5.41) is 14.9. The van der Waals surface area contributed by atoms with Crippen LogP contribution in [0.3, 0.4) is 0 Å². The second kappa shape index (κ2) is 11.4. The Kier molecular flexibility index (Phi) is 8.38. The van der Waals surface area contributed by atoms with E-state index in [9.17, 15) is 19.7 Å². The highest BCUT2D eigenvalue weighted by atomic mass is 16.6. The molecule has 0 spiro atoms. The number of hydrogen-bond donors (Lipinski definition) is 1. The molecule has 1 aliphatic rings. The van der Waals surface area contributed by atoms with Crippen molar-refractivity contribution in [3.05, 3.63) is 98.4 Å². The van der Waals surface area contributed by atoms with Gasteiger partial charge in [-0.25, -0.2) is 9.59 Å². The minimum Gasteiger partial charge on any atom is -0.463 e. The van der Waals surface area contributed by atoms with Crippen molar-refractivity contribution in [3.8, 4) is 0 Å². The van der Waals surface area contributed by atoms with Gasteiger partial charge in [0.05, 0.1) is 28.6 Å². The fourth-order valence-electron chi connectivity index (χ4n) is 4.15. The number of carbonyl (C=O) groups is 2. The van der Waals surface area contributed by atoms with Crippen molar-refractivity contribution in [2.75, 3.05) is 20.3 Å². The van der Waals surface area contributed by atoms with Crippen molar-refractivity contribution in [3.63, 3.8) is 0 Å². The van der Waals surface area contributed by atoms with Gasteiger partial charge in [0.2, 0.25) is 0 Å². The molecule has 2 atom stereocenters. The van der Waals surface area contributed by atoms with Gasteiger partial charge < -0.3 is 19.5 Å². The molecule has 0 radical (unpaired) electrons. The Morgan fingerprint density at radius 3 is 2.11 bits per heavy atom. The number of nitro benzene ring substituents is 1. The normalized spacial score (nSPS) is 16.4. The molecule has 0 saturated heterocycles. The number of para-hydroxylation sites is 1. The van der Waals surface area contributed by atoms with Crippen LogP contribution in [0.5, 0.6) is 0 Å². The fourth-order valence-corrected chi connectivity index (χ4v) is 4.15. The first kappa shape index (κ1) is 25.6. The summed E-state index contributed by atoms with van der Waals surface area (Å²) in [6.45, 7) is 5.00. The van der Waals surface area contributed by atoms with Crippen LogP contribution in [0.15, 0.2) is 77.1 Å². The van der Waals surface area contributed by atoms with E-state index in [4.69, 9.17) is 14.2 Å². The molecular formula is C26H28N2O7. The topological polar surface area (TPSA) is 117 Å². The number of nitrogens with zero attached hydrogens (tertiary/aromatic N) is 1. The maximum Gasteiger partial charge on any atom is 0.336 e. The van der Waals surface area contributed by atoms with E-state index in [2.05, 4.69) is 5.32 Å². The number of ether oxygens (including phenoxy) is 3. The molecule has 2 unspecified atom stereocenters. The number of nitrogens with one attached hydrogen (secondary N) is 1. The lowest BCUT2D eigenvalue weighted by Gasteiger charge is -2.30. The summed E-state index contributed by atoms with van der Waals surface area (Å²) in [7, 11) is 1.51. The quantitative estimate of drug-likeness (QED) is 0.320. The van der Waals surface area contributed by atoms with E-state index in [0.29, 0.717) is 11.4 Å². The molecule has 184 valence electrons. The lowest BCUT2D eigenvalue weighted by molar-refractivity contribution is -0.385. The highest BCUT2D eigenvalue weighted by Gasteiger charge is 2.41. The van der Waals surface area contributed by atoms with Crippen molar-refractivity contribution in [1.82, 2.24) is 5.32 Å². The molecule has 0 bridgehead atoms. The third-order valence-electron chi connectivity index (χ3n) is 5.74. The summed E-state index contributed by atoms with van der Waals surface area (Å²) >= 11 is 0. The van der Waals surface area contributed by atoms with E-state index in [1.54, 1.807) is 26.8 Å². The third kappa shape index (κ3) is 5.58. The molecule has 35 heavy (non-hydrogen) atoms. The Balaban J connectivity index is 2.04. The first-order valence-corrected chi connectivity index (χ1v) is 11.1. The lowest BCUT2D eigenvalue weighted by Crippen LogP contribution is -2.33. The molecule has 0 aliphatic carbocycles. The van der Waals surface area contributed by atoms with E-state index < -0.39 is 28.9 Å². The zero-order chi connectivity index (χ0) is 25.5. The van der Waals surface area contributed by atoms with Gasteiger partial charge in [0, 0.05) is 30.1 Å². The monoisotopic (exact) mass is 480 g/mol. The molecule has 0 saturated carbocycles. The lowest BCUT2D eigenvalue weighted by atomic mass is 9.79. The summed E-state index contributed by atoms with van der Waals surface area (Å²) in [4.78, 5) is 37.7. The minimum absolute atomic E-state index is 0.0861. The van der Waals surface area contributed by atoms with E-state index >= 15 is 0 Å². The van der Waals surface area contributed by atoms with Gasteiger partial charge >= 0.3 is 11.9 Å². The molecule has 2 aromatic carbocycles. The first-order chi connectivity index (χ1) is 16.8. The Morgan fingerprint density at radius 1 is 0.971 bits per heavy atom. The van der Waals surface area contributed by atoms with Crippen LogP contribution in [0.2, 0.25) is 0 Å². The van der Waals surface area contributed by atoms with Gasteiger partial charge in [-0.3, -0.25) is 10.1 Å². The van der Waals surface area contributed by atoms with Crippen molar-refractivity contribution in [2.24, 2.45) is 0 Å². The molecule has 1 N–H and O–H groups in total. The Morgan fingerprint density at radius 2 is 1.54 bits per heavy atom. The SMILES string of the molecule is CCOC(=O)C1=C(C)NC(C)=C(C(=O)OCC(OC)c2ccccc2)C1c1ccccc1[N+](=O)[O-]. The van der Waals surface area contributed by atoms with E-state index in [1.165, 1.54) is 25.3 Å². The van der Waals surface area contributed by atoms with Crippen LogP contribution in [-0.2, 0) is 23.8 Å². The average molecular weight is 481 g/mol. The summed E-state index contributed by atoms with van der Waals surface area (Å²) < 4.78 is 16.4. The molecule has 2 aromatic rings. The van der Waals surface area contributed by atoms with Crippen LogP contribution in [0, 0.1) is 10.1 Å². The van der Waals surface area contributed by atoms with E-state index in [1.807, 2.05) is 30.3 Å². The number of esters is 2. The number of methoxy groups -OCH3 is 1. The second-order valence-corrected chi connectivity index (χ2v) is 7.91. The number of hydrogen-bond acceptors (Lipinski definition) is 8. The molecular weight excluding hydrogens is 452 g/mol. The largest absolute Gasteiger partial charge is 0.463 e. The summed E-state index contributed by atoms with van der Waals surface area (Å²) in [6.07, 6.45) is -0.510. The Labute approximate surface area is 203 Å². The summed E-state index contributed by atoms with van der Waals surface area (Å²) in [5.74, 6) is -2.44. The number of carbonyl (C=O) groups excluding carboxylic acids is 2. The Bertz CT molecular complexity index is 1170. The van der Waals surface area contributed by atoms with Gasteiger partial charge in [-0.15, -0.1) is 0 Å². The average Bonchev–Trinajstić information content (AvgIpc) is 2.84. The van der Waals surface area contributed by atoms with Crippen molar-refractivity contribution < 1.29 is 28.7 Å². The fraction of sp³-hybridized carbons (Fsp3) is 0.308. The van der Waals surface area contributed by atoms with Crippen LogP contribution >= 0.6 is 0 Å². The molecule has 3 rings (SSSR count). The standard InChI is InChI=1S/C26H28N2O7/c1-5-34-25(29)22-16(2)27-17(3)23(24(22)19-13-9-10-14-20(19)28(31)32)26(30)35-15-21(33-4)18-11-7-6-8-12-18/h6-14,21,24,27H,5,15H2,1-4H3. The minimum atomic E-state index is -1.05. The molecule has 1 heterocycles. The zero-order valence-corrected chi connectivity index (χ0v) is 20.1. The van der Waals surface area contributed by atoms with Gasteiger partial charge in [-0.1, -0.05) is 48.5 Å². The highest BCUT2D eigenvalue weighted by molar-refractivity contribution is 6.00. The van der Waals surface area contributed by atoms with Gasteiger partial charge in [0.15, 0.2) is 0 Å². The predicted molar refractivity (Wildman–Crippen MR) is 128 cm³/mol. The summed E-state index contributed by atoms with van der Waals surface area (Å²) in [6, 6.07) is 15.3. The predicted octanol–water partition coefficient (Wildman–Crippen LogP) is 4.32. The number of nitro groups is 1. The van der Waals surface area contributed by atoms with Gasteiger partial charge in [0.1, 0.15) is 12.7 Å². The molecule has 0 aromatic heterocycles. The number of benzene rings is 2. The van der Waals surface area contributed by atoms with Crippen molar-refractivity contribution in [1.29, 1.82) is 0 Å². The number of rotatable bonds is 9. The third-order valence-corrected chi connectivity index (χ3v) is 5.74. The molecule has 1 aliphatic heterocycles. The first-order valence-electron chi connectivity index (χ1n) is 11.1. The van der Waals surface area contributed by atoms with Crippen LogP contribution < -0.4 is 5.32 Å². The van der Waals surface area contributed by atoms with Gasteiger partial charge in [-0.2, -0.15) is 0 Å². The molecule has 0 amide bonds. The number of allylic oxidation sites excluding steroid dienone is 2. The van der Waals surface area contributed by atoms with Crippen molar-refractivity contribution in [2.45, 2.75) is 32.8 Å². The maximum absolute atomic E-state index is 13.4. The van der Waals surface area contributed by atoms with Crippen LogP contribution in [0.25, 0.3) is 0 Å². The van der Waals surface area contributed by atoms with Crippen LogP contribution in [-0.4, -0.2) is 37.2 Å². The van der Waals surface area contributed by atoms with Gasteiger partial charge in [0.25, 0.3) is 5.69 Å².